The van der Waals surface area contributed by atoms with E-state index in [-0.39, 0.29) is 12.1 Å². The molecule has 178 valence electrons. The summed E-state index contributed by atoms with van der Waals surface area (Å²) in [6.45, 7) is 3.45. The lowest BCUT2D eigenvalue weighted by atomic mass is 9.91. The van der Waals surface area contributed by atoms with Gasteiger partial charge in [-0.15, -0.1) is 0 Å². The van der Waals surface area contributed by atoms with E-state index in [9.17, 15) is 0 Å². The molecule has 1 aliphatic carbocycles. The van der Waals surface area contributed by atoms with E-state index in [1.165, 1.54) is 18.5 Å². The van der Waals surface area contributed by atoms with Gasteiger partial charge in [0.05, 0.1) is 25.9 Å². The second kappa shape index (κ2) is 11.0. The number of hydrogen-bond donors (Lipinski definition) is 2. The van der Waals surface area contributed by atoms with Crippen LogP contribution < -0.4 is 25.4 Å². The molecule has 1 saturated heterocycles. The lowest BCUT2D eigenvalue weighted by Gasteiger charge is -2.38. The number of halogens is 1. The van der Waals surface area contributed by atoms with Crippen LogP contribution in [0.25, 0.3) is 0 Å². The highest BCUT2D eigenvalue weighted by Crippen LogP contribution is 2.29. The maximum atomic E-state index is 6.44. The summed E-state index contributed by atoms with van der Waals surface area (Å²) in [7, 11) is 3.36. The molecule has 2 aromatic rings. The van der Waals surface area contributed by atoms with Crippen LogP contribution in [0.15, 0.2) is 47.5 Å². The molecule has 33 heavy (non-hydrogen) atoms. The Hall–Kier alpha value is -2.64. The summed E-state index contributed by atoms with van der Waals surface area (Å²) in [4.78, 5) is 9.82. The molecule has 1 aliphatic heterocycles. The molecular weight excluding hydrogens is 438 g/mol. The number of guanidine groups is 1. The topological polar surface area (TPSA) is 75.4 Å². The molecule has 0 amide bonds. The standard InChI is InChI=1S/C25H34ClN5O2/c1-32-20-7-5-6-19(17-20)30-12-14-31(15-13-30)25(28-22-9-4-3-8-21(22)27)29-23-16-18(26)10-11-24(23)33-2/h5-7,10-11,16-17,21-22H,3-4,8-9,12-15,27H2,1-2H3,(H,28,29)/t21-,22-/m0/s1. The van der Waals surface area contributed by atoms with Crippen LogP contribution in [0, 0.1) is 0 Å². The van der Waals surface area contributed by atoms with E-state index < -0.39 is 0 Å². The molecule has 1 heterocycles. The van der Waals surface area contributed by atoms with Gasteiger partial charge in [-0.2, -0.15) is 0 Å². The number of aliphatic imine (C=N–C) groups is 1. The normalized spacial score (nSPS) is 21.6. The van der Waals surface area contributed by atoms with Crippen LogP contribution in [0.5, 0.6) is 11.5 Å². The monoisotopic (exact) mass is 471 g/mol. The summed E-state index contributed by atoms with van der Waals surface area (Å²) >= 11 is 6.28. The van der Waals surface area contributed by atoms with E-state index in [4.69, 9.17) is 31.8 Å². The fourth-order valence-electron chi connectivity index (χ4n) is 4.53. The summed E-state index contributed by atoms with van der Waals surface area (Å²) in [5.41, 5.74) is 8.42. The number of benzene rings is 2. The molecule has 2 aliphatic rings. The Morgan fingerprint density at radius 2 is 1.82 bits per heavy atom. The molecule has 3 N–H and O–H groups in total. The van der Waals surface area contributed by atoms with Gasteiger partial charge in [-0.05, 0) is 43.2 Å². The van der Waals surface area contributed by atoms with Gasteiger partial charge in [0.15, 0.2) is 5.96 Å². The third kappa shape index (κ3) is 5.84. The molecule has 1 saturated carbocycles. The number of nitrogens with one attached hydrogen (secondary N) is 1. The van der Waals surface area contributed by atoms with Crippen molar-refractivity contribution in [2.45, 2.75) is 37.8 Å². The lowest BCUT2D eigenvalue weighted by Crippen LogP contribution is -2.51. The molecule has 0 unspecified atom stereocenters. The zero-order chi connectivity index (χ0) is 23.2. The molecule has 0 radical (unpaired) electrons. The highest BCUT2D eigenvalue weighted by atomic mass is 35.5. The summed E-state index contributed by atoms with van der Waals surface area (Å²) in [6.07, 6.45) is 4.38. The van der Waals surface area contributed by atoms with Gasteiger partial charge in [0.2, 0.25) is 0 Å². The van der Waals surface area contributed by atoms with E-state index in [1.54, 1.807) is 14.2 Å². The third-order valence-corrected chi connectivity index (χ3v) is 6.71. The van der Waals surface area contributed by atoms with Crippen molar-refractivity contribution in [3.63, 3.8) is 0 Å². The number of piperazine rings is 1. The van der Waals surface area contributed by atoms with E-state index in [0.29, 0.717) is 5.02 Å². The quantitative estimate of drug-likeness (QED) is 0.502. The number of nitrogens with two attached hydrogens (primary N) is 1. The van der Waals surface area contributed by atoms with Gasteiger partial charge in [-0.1, -0.05) is 30.5 Å². The molecular formula is C25H34ClN5O2. The Bertz CT molecular complexity index is 962. The highest BCUT2D eigenvalue weighted by Gasteiger charge is 2.26. The van der Waals surface area contributed by atoms with Crippen molar-refractivity contribution in [3.05, 3.63) is 47.5 Å². The Balaban J connectivity index is 1.54. The average molecular weight is 472 g/mol. The van der Waals surface area contributed by atoms with Gasteiger partial charge < -0.3 is 30.3 Å². The van der Waals surface area contributed by atoms with Gasteiger partial charge >= 0.3 is 0 Å². The fourth-order valence-corrected chi connectivity index (χ4v) is 4.70. The molecule has 0 spiro atoms. The molecule has 0 bridgehead atoms. The van der Waals surface area contributed by atoms with Crippen LogP contribution in [-0.2, 0) is 0 Å². The van der Waals surface area contributed by atoms with Gasteiger partial charge in [-0.25, -0.2) is 4.99 Å². The summed E-state index contributed by atoms with van der Waals surface area (Å²) in [6, 6.07) is 14.0. The lowest BCUT2D eigenvalue weighted by molar-refractivity contribution is 0.360. The molecule has 2 aromatic carbocycles. The Morgan fingerprint density at radius 3 is 2.55 bits per heavy atom. The van der Waals surface area contributed by atoms with Crippen LogP contribution in [0.3, 0.4) is 0 Å². The number of nitrogens with zero attached hydrogens (tertiary/aromatic N) is 3. The second-order valence-electron chi connectivity index (χ2n) is 8.61. The van der Waals surface area contributed by atoms with Gasteiger partial charge in [0.1, 0.15) is 11.5 Å². The van der Waals surface area contributed by atoms with Crippen LogP contribution in [0.1, 0.15) is 25.7 Å². The highest BCUT2D eigenvalue weighted by molar-refractivity contribution is 6.31. The number of anilines is 2. The first-order valence-electron chi connectivity index (χ1n) is 11.7. The van der Waals surface area contributed by atoms with E-state index >= 15 is 0 Å². The average Bonchev–Trinajstić information content (AvgIpc) is 2.85. The maximum absolute atomic E-state index is 6.44. The van der Waals surface area contributed by atoms with Gasteiger partial charge in [0, 0.05) is 49.0 Å². The van der Waals surface area contributed by atoms with Crippen LogP contribution in [0.2, 0.25) is 5.02 Å². The predicted octanol–water partition coefficient (Wildman–Crippen LogP) is 4.22. The van der Waals surface area contributed by atoms with Crippen LogP contribution in [0.4, 0.5) is 11.4 Å². The zero-order valence-corrected chi connectivity index (χ0v) is 20.2. The summed E-state index contributed by atoms with van der Waals surface area (Å²) in [5.74, 6) is 2.44. The number of methoxy groups -OCH3 is 2. The molecule has 2 fully saturated rings. The van der Waals surface area contributed by atoms with Crippen molar-refractivity contribution >= 4 is 28.9 Å². The Morgan fingerprint density at radius 1 is 1.03 bits per heavy atom. The first kappa shape index (κ1) is 23.5. The van der Waals surface area contributed by atoms with E-state index in [1.807, 2.05) is 30.3 Å². The SMILES string of the molecule is COc1cccc(N2CCN(C(=N[C@H]3CCCC[C@@H]3N)Nc3cc(Cl)ccc3OC)CC2)c1. The minimum atomic E-state index is 0.0925. The molecule has 2 atom stereocenters. The molecule has 7 nitrogen and oxygen atoms in total. The second-order valence-corrected chi connectivity index (χ2v) is 9.05. The molecule has 4 rings (SSSR count). The van der Waals surface area contributed by atoms with Crippen molar-refractivity contribution in [3.8, 4) is 11.5 Å². The summed E-state index contributed by atoms with van der Waals surface area (Å²) < 4.78 is 11.0. The minimum Gasteiger partial charge on any atom is -0.497 e. The minimum absolute atomic E-state index is 0.0925. The van der Waals surface area contributed by atoms with E-state index in [0.717, 1.165) is 62.2 Å². The first-order valence-corrected chi connectivity index (χ1v) is 12.0. The Labute approximate surface area is 201 Å². The van der Waals surface area contributed by atoms with Gasteiger partial charge in [-0.3, -0.25) is 0 Å². The first-order chi connectivity index (χ1) is 16.1. The van der Waals surface area contributed by atoms with E-state index in [2.05, 4.69) is 27.2 Å². The molecule has 0 aromatic heterocycles. The fraction of sp³-hybridized carbons (Fsp3) is 0.480. The smallest absolute Gasteiger partial charge is 0.199 e. The van der Waals surface area contributed by atoms with Crippen molar-refractivity contribution in [1.29, 1.82) is 0 Å². The number of rotatable bonds is 5. The van der Waals surface area contributed by atoms with Crippen molar-refractivity contribution in [1.82, 2.24) is 4.90 Å². The maximum Gasteiger partial charge on any atom is 0.199 e. The van der Waals surface area contributed by atoms with Crippen LogP contribution >= 0.6 is 11.6 Å². The van der Waals surface area contributed by atoms with Crippen molar-refractivity contribution in [2.24, 2.45) is 10.7 Å². The zero-order valence-electron chi connectivity index (χ0n) is 19.5. The third-order valence-electron chi connectivity index (χ3n) is 6.48. The van der Waals surface area contributed by atoms with Gasteiger partial charge in [0.25, 0.3) is 0 Å². The Kier molecular flexibility index (Phi) is 7.83. The van der Waals surface area contributed by atoms with Crippen molar-refractivity contribution in [2.75, 3.05) is 50.6 Å². The van der Waals surface area contributed by atoms with Crippen molar-refractivity contribution < 1.29 is 9.47 Å². The number of ether oxygens (including phenoxy) is 2. The van der Waals surface area contributed by atoms with Crippen LogP contribution in [-0.4, -0.2) is 63.3 Å². The largest absolute Gasteiger partial charge is 0.497 e. The number of hydrogen-bond acceptors (Lipinski definition) is 5. The predicted molar refractivity (Wildman–Crippen MR) is 136 cm³/mol. The summed E-state index contributed by atoms with van der Waals surface area (Å²) in [5, 5.41) is 4.17. The molecule has 8 heteroatoms.